The Morgan fingerprint density at radius 1 is 1.35 bits per heavy atom. The molecule has 26 heavy (non-hydrogen) atoms. The Hall–Kier alpha value is -1.91. The average molecular weight is 444 g/mol. The van der Waals surface area contributed by atoms with Crippen LogP contribution in [0.3, 0.4) is 0 Å². The van der Waals surface area contributed by atoms with E-state index in [0.29, 0.717) is 15.7 Å². The first-order valence-electron chi connectivity index (χ1n) is 7.65. The molecule has 0 aromatic carbocycles. The SMILES string of the molecule is COC(=O)c1cnc2c(Br)c1NC1(C)C=C(C)C=C(C)C1(S(=O)(=O)O)N2. The van der Waals surface area contributed by atoms with Crippen molar-refractivity contribution in [2.24, 2.45) is 0 Å². The summed E-state index contributed by atoms with van der Waals surface area (Å²) in [5, 5.41) is 5.99. The summed E-state index contributed by atoms with van der Waals surface area (Å²) in [5.74, 6) is -0.457. The minimum Gasteiger partial charge on any atom is -0.465 e. The zero-order valence-corrected chi connectivity index (χ0v) is 16.9. The number of allylic oxidation sites excluding steroid dienone is 2. The van der Waals surface area contributed by atoms with E-state index < -0.39 is 26.5 Å². The van der Waals surface area contributed by atoms with Crippen LogP contribution in [0.25, 0.3) is 0 Å². The monoisotopic (exact) mass is 443 g/mol. The maximum atomic E-state index is 12.6. The van der Waals surface area contributed by atoms with Crippen molar-refractivity contribution in [2.45, 2.75) is 31.2 Å². The van der Waals surface area contributed by atoms with Crippen molar-refractivity contribution in [1.82, 2.24) is 4.98 Å². The van der Waals surface area contributed by atoms with Gasteiger partial charge in [-0.05, 0) is 42.3 Å². The summed E-state index contributed by atoms with van der Waals surface area (Å²) in [6, 6.07) is 0. The maximum Gasteiger partial charge on any atom is 0.341 e. The number of halogens is 1. The standard InChI is InChI=1S/C16H18BrN3O5S/c1-8-5-9(2)16(26(22,23)24)15(3,6-8)19-12-10(14(21)25-4)7-18-13(20-16)11(12)17/h5-7,19H,1-4H3,(H,18,20)(H,22,23,24). The molecule has 1 aliphatic carbocycles. The number of hydrogen-bond donors (Lipinski definition) is 3. The van der Waals surface area contributed by atoms with Gasteiger partial charge in [-0.1, -0.05) is 17.7 Å². The maximum absolute atomic E-state index is 12.6. The Labute approximate surface area is 159 Å². The van der Waals surface area contributed by atoms with E-state index in [1.807, 2.05) is 6.92 Å². The molecule has 3 rings (SSSR count). The van der Waals surface area contributed by atoms with Crippen LogP contribution in [0, 0.1) is 0 Å². The molecule has 2 bridgehead atoms. The van der Waals surface area contributed by atoms with Crippen LogP contribution in [0.5, 0.6) is 0 Å². The van der Waals surface area contributed by atoms with E-state index in [4.69, 9.17) is 4.74 Å². The van der Waals surface area contributed by atoms with Gasteiger partial charge in [-0.3, -0.25) is 4.55 Å². The molecule has 0 saturated heterocycles. The quantitative estimate of drug-likeness (QED) is 0.471. The number of pyridine rings is 1. The Balaban J connectivity index is 2.37. The zero-order chi connectivity index (χ0) is 19.5. The first-order chi connectivity index (χ1) is 12.0. The van der Waals surface area contributed by atoms with Gasteiger partial charge >= 0.3 is 5.97 Å². The van der Waals surface area contributed by atoms with Crippen LogP contribution in [0.2, 0.25) is 0 Å². The number of esters is 1. The highest BCUT2D eigenvalue weighted by Crippen LogP contribution is 2.49. The lowest BCUT2D eigenvalue weighted by Crippen LogP contribution is -2.66. The summed E-state index contributed by atoms with van der Waals surface area (Å²) in [7, 11) is -3.42. The van der Waals surface area contributed by atoms with Gasteiger partial charge in [-0.25, -0.2) is 9.78 Å². The predicted octanol–water partition coefficient (Wildman–Crippen LogP) is 2.72. The average Bonchev–Trinajstić information content (AvgIpc) is 2.57. The normalized spacial score (nSPS) is 27.2. The van der Waals surface area contributed by atoms with Crippen molar-refractivity contribution in [3.63, 3.8) is 0 Å². The van der Waals surface area contributed by atoms with Crippen LogP contribution in [-0.4, -0.2) is 41.4 Å². The summed E-state index contributed by atoms with van der Waals surface area (Å²) < 4.78 is 40.5. The molecule has 140 valence electrons. The molecule has 1 aromatic rings. The number of nitrogens with zero attached hydrogens (tertiary/aromatic N) is 1. The van der Waals surface area contributed by atoms with Gasteiger partial charge in [-0.2, -0.15) is 8.42 Å². The number of methoxy groups -OCH3 is 1. The summed E-state index contributed by atoms with van der Waals surface area (Å²) >= 11 is 3.36. The van der Waals surface area contributed by atoms with Crippen LogP contribution in [0.4, 0.5) is 11.5 Å². The number of nitrogens with one attached hydrogen (secondary N) is 2. The summed E-state index contributed by atoms with van der Waals surface area (Å²) in [5.41, 5.74) is 0.312. The highest BCUT2D eigenvalue weighted by molar-refractivity contribution is 9.10. The lowest BCUT2D eigenvalue weighted by Gasteiger charge is -2.47. The fourth-order valence-electron chi connectivity index (χ4n) is 3.73. The van der Waals surface area contributed by atoms with Gasteiger partial charge in [0.25, 0.3) is 10.1 Å². The largest absolute Gasteiger partial charge is 0.465 e. The van der Waals surface area contributed by atoms with Crippen LogP contribution in [-0.2, 0) is 14.9 Å². The molecule has 2 aliphatic rings. The molecule has 0 amide bonds. The van der Waals surface area contributed by atoms with E-state index in [2.05, 4.69) is 31.5 Å². The molecule has 0 saturated carbocycles. The number of rotatable bonds is 2. The number of hydrogen-bond acceptors (Lipinski definition) is 7. The van der Waals surface area contributed by atoms with Gasteiger partial charge in [0.15, 0.2) is 0 Å². The lowest BCUT2D eigenvalue weighted by atomic mass is 9.80. The highest BCUT2D eigenvalue weighted by Gasteiger charge is 2.61. The molecule has 2 atom stereocenters. The molecule has 0 spiro atoms. The molecule has 2 heterocycles. The summed E-state index contributed by atoms with van der Waals surface area (Å²) in [6.45, 7) is 5.05. The number of anilines is 2. The molecule has 10 heteroatoms. The van der Waals surface area contributed by atoms with Crippen molar-refractivity contribution >= 4 is 43.5 Å². The van der Waals surface area contributed by atoms with E-state index >= 15 is 0 Å². The van der Waals surface area contributed by atoms with Crippen LogP contribution in [0.15, 0.2) is 34.0 Å². The van der Waals surface area contributed by atoms with E-state index in [1.165, 1.54) is 13.3 Å². The zero-order valence-electron chi connectivity index (χ0n) is 14.5. The van der Waals surface area contributed by atoms with Gasteiger partial charge in [-0.15, -0.1) is 0 Å². The second kappa shape index (κ2) is 5.80. The smallest absolute Gasteiger partial charge is 0.341 e. The number of aromatic nitrogens is 1. The van der Waals surface area contributed by atoms with Crippen molar-refractivity contribution in [3.8, 4) is 0 Å². The van der Waals surface area contributed by atoms with E-state index in [9.17, 15) is 17.8 Å². The molecular weight excluding hydrogens is 426 g/mol. The number of carbonyl (C=O) groups is 1. The fraction of sp³-hybridized carbons (Fsp3) is 0.375. The minimum atomic E-state index is -4.66. The lowest BCUT2D eigenvalue weighted by molar-refractivity contribution is 0.0601. The second-order valence-electron chi connectivity index (χ2n) is 6.53. The Morgan fingerprint density at radius 3 is 2.58 bits per heavy atom. The number of ether oxygens (including phenoxy) is 1. The van der Waals surface area contributed by atoms with Crippen molar-refractivity contribution < 1.29 is 22.5 Å². The Kier molecular flexibility index (Phi) is 4.21. The molecule has 1 aromatic heterocycles. The minimum absolute atomic E-state index is 0.135. The third kappa shape index (κ3) is 2.39. The number of fused-ring (bicyclic) bond motifs is 3. The van der Waals surface area contributed by atoms with Crippen LogP contribution in [0.1, 0.15) is 31.1 Å². The van der Waals surface area contributed by atoms with Gasteiger partial charge in [0, 0.05) is 6.20 Å². The number of carbonyl (C=O) groups excluding carboxylic acids is 1. The molecule has 2 unspecified atom stereocenters. The van der Waals surface area contributed by atoms with E-state index in [1.54, 1.807) is 26.0 Å². The Bertz CT molecular complexity index is 988. The molecule has 3 N–H and O–H groups in total. The van der Waals surface area contributed by atoms with Gasteiger partial charge in [0.05, 0.1) is 22.8 Å². The van der Waals surface area contributed by atoms with Gasteiger partial charge in [0.1, 0.15) is 11.4 Å². The van der Waals surface area contributed by atoms with Crippen molar-refractivity contribution in [2.75, 3.05) is 17.7 Å². The molecule has 0 fully saturated rings. The van der Waals surface area contributed by atoms with Crippen molar-refractivity contribution in [1.29, 1.82) is 0 Å². The topological polar surface area (TPSA) is 118 Å². The fourth-order valence-corrected chi connectivity index (χ4v) is 5.58. The Morgan fingerprint density at radius 2 is 2.00 bits per heavy atom. The van der Waals surface area contributed by atoms with Gasteiger partial charge in [0.2, 0.25) is 4.87 Å². The molecular formula is C16H18BrN3O5S. The van der Waals surface area contributed by atoms with E-state index in [-0.39, 0.29) is 11.4 Å². The first kappa shape index (κ1) is 18.9. The third-order valence-electron chi connectivity index (χ3n) is 4.74. The molecule has 8 nitrogen and oxygen atoms in total. The molecule has 1 aliphatic heterocycles. The summed E-state index contributed by atoms with van der Waals surface area (Å²) in [6.07, 6.45) is 4.65. The first-order valence-corrected chi connectivity index (χ1v) is 9.88. The van der Waals surface area contributed by atoms with Gasteiger partial charge < -0.3 is 15.4 Å². The predicted molar refractivity (Wildman–Crippen MR) is 101 cm³/mol. The van der Waals surface area contributed by atoms with Crippen LogP contribution >= 0.6 is 15.9 Å². The molecule has 0 radical (unpaired) electrons. The summed E-state index contributed by atoms with van der Waals surface area (Å²) in [4.78, 5) is 14.4. The van der Waals surface area contributed by atoms with Crippen LogP contribution < -0.4 is 10.6 Å². The highest BCUT2D eigenvalue weighted by atomic mass is 79.9. The van der Waals surface area contributed by atoms with Crippen molar-refractivity contribution in [3.05, 3.63) is 39.5 Å². The second-order valence-corrected chi connectivity index (χ2v) is 8.88. The van der Waals surface area contributed by atoms with E-state index in [0.717, 1.165) is 5.57 Å². The third-order valence-corrected chi connectivity index (χ3v) is 7.13.